The maximum Gasteiger partial charge on any atom is 0.243 e. The van der Waals surface area contributed by atoms with Gasteiger partial charge in [-0.05, 0) is 60.4 Å². The number of carbonyl (C=O) groups is 2. The molecule has 4 rings (SSSR count). The molecule has 1 aliphatic rings. The molecule has 1 N–H and O–H groups in total. The molecule has 1 aliphatic carbocycles. The van der Waals surface area contributed by atoms with Crippen LogP contribution in [-0.2, 0) is 22.6 Å². The average Bonchev–Trinajstić information content (AvgIpc) is 2.94. The minimum Gasteiger partial charge on any atom is -0.352 e. The second-order valence-corrected chi connectivity index (χ2v) is 11.8. The third-order valence-corrected chi connectivity index (χ3v) is 8.40. The summed E-state index contributed by atoms with van der Waals surface area (Å²) in [5.74, 6) is 0.495. The molecule has 0 aromatic heterocycles. The van der Waals surface area contributed by atoms with Crippen molar-refractivity contribution in [2.45, 2.75) is 68.5 Å². The molecular weight excluding hydrogens is 535 g/mol. The number of hydrogen-bond donors (Lipinski definition) is 1. The highest BCUT2D eigenvalue weighted by Gasteiger charge is 2.31. The Morgan fingerprint density at radius 1 is 0.842 bits per heavy atom. The molecule has 7 heteroatoms. The number of nitrogens with one attached hydrogen (secondary N) is 1. The normalized spacial score (nSPS) is 14.6. The Labute approximate surface area is 240 Å². The van der Waals surface area contributed by atoms with Crippen molar-refractivity contribution in [1.82, 2.24) is 10.2 Å². The Morgan fingerprint density at radius 2 is 1.47 bits per heavy atom. The summed E-state index contributed by atoms with van der Waals surface area (Å²) in [7, 11) is 0. The van der Waals surface area contributed by atoms with Crippen molar-refractivity contribution >= 4 is 46.8 Å². The first-order valence-corrected chi connectivity index (χ1v) is 15.0. The molecule has 3 aromatic carbocycles. The number of halogens is 2. The molecular formula is C31H34Cl2N2O2S. The topological polar surface area (TPSA) is 49.4 Å². The standard InChI is InChI=1S/C31H34Cl2N2O2S/c32-25-13-11-24(12-14-25)22-35(30(36)19-20-38-28-17-15-26(33)16-18-28)29(21-23-7-3-1-4-8-23)31(37)34-27-9-5-2-6-10-27/h1,3-4,7-8,11-18,27,29H,2,5-6,9-10,19-22H2,(H,34,37). The summed E-state index contributed by atoms with van der Waals surface area (Å²) >= 11 is 13.7. The Bertz CT molecular complexity index is 1170. The fourth-order valence-corrected chi connectivity index (χ4v) is 5.91. The first kappa shape index (κ1) is 28.5. The molecule has 1 fully saturated rings. The number of nitrogens with zero attached hydrogens (tertiary/aromatic N) is 1. The van der Waals surface area contributed by atoms with Crippen molar-refractivity contribution in [3.8, 4) is 0 Å². The van der Waals surface area contributed by atoms with Crippen LogP contribution in [0.3, 0.4) is 0 Å². The number of rotatable bonds is 11. The number of carbonyl (C=O) groups excluding carboxylic acids is 2. The van der Waals surface area contributed by atoms with E-state index in [1.165, 1.54) is 6.42 Å². The summed E-state index contributed by atoms with van der Waals surface area (Å²) in [5, 5.41) is 4.61. The predicted molar refractivity (Wildman–Crippen MR) is 158 cm³/mol. The highest BCUT2D eigenvalue weighted by Crippen LogP contribution is 2.24. The van der Waals surface area contributed by atoms with E-state index >= 15 is 0 Å². The number of thioether (sulfide) groups is 1. The van der Waals surface area contributed by atoms with E-state index in [9.17, 15) is 9.59 Å². The van der Waals surface area contributed by atoms with Crippen molar-refractivity contribution in [3.05, 3.63) is 100 Å². The molecule has 200 valence electrons. The van der Waals surface area contributed by atoms with Crippen LogP contribution in [0.1, 0.15) is 49.7 Å². The second kappa shape index (κ2) is 14.6. The Balaban J connectivity index is 1.55. The number of amides is 2. The van der Waals surface area contributed by atoms with Crippen LogP contribution in [0.4, 0.5) is 0 Å². The molecule has 2 amide bonds. The van der Waals surface area contributed by atoms with Gasteiger partial charge in [-0.15, -0.1) is 11.8 Å². The van der Waals surface area contributed by atoms with E-state index in [0.29, 0.717) is 35.2 Å². The van der Waals surface area contributed by atoms with Gasteiger partial charge >= 0.3 is 0 Å². The smallest absolute Gasteiger partial charge is 0.243 e. The summed E-state index contributed by atoms with van der Waals surface area (Å²) in [6.45, 7) is 0.344. The minimum atomic E-state index is -0.608. The largest absolute Gasteiger partial charge is 0.352 e. The van der Waals surface area contributed by atoms with Gasteiger partial charge in [0.25, 0.3) is 0 Å². The molecule has 38 heavy (non-hydrogen) atoms. The molecule has 0 aliphatic heterocycles. The number of hydrogen-bond acceptors (Lipinski definition) is 3. The summed E-state index contributed by atoms with van der Waals surface area (Å²) in [5.41, 5.74) is 1.97. The lowest BCUT2D eigenvalue weighted by atomic mass is 9.94. The van der Waals surface area contributed by atoms with Crippen LogP contribution in [0.25, 0.3) is 0 Å². The van der Waals surface area contributed by atoms with Crippen LogP contribution in [0, 0.1) is 0 Å². The van der Waals surface area contributed by atoms with Gasteiger partial charge in [-0.25, -0.2) is 0 Å². The van der Waals surface area contributed by atoms with Gasteiger partial charge in [0.2, 0.25) is 11.8 Å². The summed E-state index contributed by atoms with van der Waals surface area (Å²) in [6.07, 6.45) is 6.24. The van der Waals surface area contributed by atoms with E-state index in [4.69, 9.17) is 23.2 Å². The van der Waals surface area contributed by atoms with Crippen molar-refractivity contribution in [2.24, 2.45) is 0 Å². The third kappa shape index (κ3) is 8.79. The molecule has 3 aromatic rings. The molecule has 0 bridgehead atoms. The molecule has 0 heterocycles. The van der Waals surface area contributed by atoms with Gasteiger partial charge in [-0.3, -0.25) is 9.59 Å². The highest BCUT2D eigenvalue weighted by atomic mass is 35.5. The van der Waals surface area contributed by atoms with E-state index < -0.39 is 6.04 Å². The van der Waals surface area contributed by atoms with E-state index in [2.05, 4.69) is 5.32 Å². The highest BCUT2D eigenvalue weighted by molar-refractivity contribution is 7.99. The molecule has 0 radical (unpaired) electrons. The molecule has 0 saturated heterocycles. The van der Waals surface area contributed by atoms with Gasteiger partial charge in [-0.2, -0.15) is 0 Å². The van der Waals surface area contributed by atoms with Gasteiger partial charge in [0, 0.05) is 46.1 Å². The van der Waals surface area contributed by atoms with Crippen molar-refractivity contribution in [1.29, 1.82) is 0 Å². The van der Waals surface area contributed by atoms with Crippen LogP contribution in [0.15, 0.2) is 83.8 Å². The molecule has 1 saturated carbocycles. The van der Waals surface area contributed by atoms with Gasteiger partial charge < -0.3 is 10.2 Å². The Kier molecular flexibility index (Phi) is 11.0. The first-order chi connectivity index (χ1) is 18.5. The zero-order chi connectivity index (χ0) is 26.7. The zero-order valence-electron chi connectivity index (χ0n) is 21.5. The van der Waals surface area contributed by atoms with E-state index in [1.54, 1.807) is 16.7 Å². The maximum atomic E-state index is 13.8. The molecule has 1 atom stereocenters. The van der Waals surface area contributed by atoms with Gasteiger partial charge in [-0.1, -0.05) is 84.9 Å². The van der Waals surface area contributed by atoms with Gasteiger partial charge in [0.05, 0.1) is 0 Å². The molecule has 0 spiro atoms. The van der Waals surface area contributed by atoms with Crippen LogP contribution in [-0.4, -0.2) is 34.6 Å². The zero-order valence-corrected chi connectivity index (χ0v) is 23.8. The van der Waals surface area contributed by atoms with E-state index in [0.717, 1.165) is 41.7 Å². The molecule has 1 unspecified atom stereocenters. The summed E-state index contributed by atoms with van der Waals surface area (Å²) in [6, 6.07) is 24.6. The van der Waals surface area contributed by atoms with Gasteiger partial charge in [0.1, 0.15) is 6.04 Å². The minimum absolute atomic E-state index is 0.0406. The fraction of sp³-hybridized carbons (Fsp3) is 0.355. The predicted octanol–water partition coefficient (Wildman–Crippen LogP) is 7.56. The quantitative estimate of drug-likeness (QED) is 0.243. The Morgan fingerprint density at radius 3 is 2.13 bits per heavy atom. The van der Waals surface area contributed by atoms with Crippen molar-refractivity contribution < 1.29 is 9.59 Å². The molecule has 4 nitrogen and oxygen atoms in total. The van der Waals surface area contributed by atoms with Crippen LogP contribution in [0.5, 0.6) is 0 Å². The Hall–Kier alpha value is -2.47. The van der Waals surface area contributed by atoms with Crippen LogP contribution in [0.2, 0.25) is 10.0 Å². The lowest BCUT2D eigenvalue weighted by Crippen LogP contribution is -2.52. The van der Waals surface area contributed by atoms with Gasteiger partial charge in [0.15, 0.2) is 0 Å². The van der Waals surface area contributed by atoms with E-state index in [-0.39, 0.29) is 17.9 Å². The SMILES string of the molecule is O=C(NC1CCCCC1)C(Cc1ccccc1)N(Cc1ccc(Cl)cc1)C(=O)CCSc1ccc(Cl)cc1. The van der Waals surface area contributed by atoms with Crippen LogP contribution >= 0.6 is 35.0 Å². The van der Waals surface area contributed by atoms with Crippen molar-refractivity contribution in [3.63, 3.8) is 0 Å². The third-order valence-electron chi connectivity index (χ3n) is 6.89. The second-order valence-electron chi connectivity index (χ2n) is 9.75. The average molecular weight is 570 g/mol. The number of benzene rings is 3. The lowest BCUT2D eigenvalue weighted by molar-refractivity contribution is -0.141. The van der Waals surface area contributed by atoms with E-state index in [1.807, 2.05) is 78.9 Å². The maximum absolute atomic E-state index is 13.8. The fourth-order valence-electron chi connectivity index (χ4n) is 4.82. The summed E-state index contributed by atoms with van der Waals surface area (Å²) in [4.78, 5) is 30.4. The monoisotopic (exact) mass is 568 g/mol. The first-order valence-electron chi connectivity index (χ1n) is 13.2. The van der Waals surface area contributed by atoms with Crippen molar-refractivity contribution in [2.75, 3.05) is 5.75 Å². The lowest BCUT2D eigenvalue weighted by Gasteiger charge is -2.33. The summed E-state index contributed by atoms with van der Waals surface area (Å²) < 4.78 is 0. The van der Waals surface area contributed by atoms with Crippen LogP contribution < -0.4 is 5.32 Å².